The lowest BCUT2D eigenvalue weighted by atomic mass is 10.0. The summed E-state index contributed by atoms with van der Waals surface area (Å²) in [6, 6.07) is 0. The van der Waals surface area contributed by atoms with E-state index in [0.717, 1.165) is 64.2 Å². The zero-order valence-corrected chi connectivity index (χ0v) is 54.1. The molecule has 0 bridgehead atoms. The molecule has 0 N–H and O–H groups in total. The first-order chi connectivity index (χ1) is 39.5. The maximum atomic E-state index is 13.0. The van der Waals surface area contributed by atoms with Gasteiger partial charge in [0.1, 0.15) is 13.2 Å². The van der Waals surface area contributed by atoms with Gasteiger partial charge in [0.15, 0.2) is 6.10 Å². The van der Waals surface area contributed by atoms with Gasteiger partial charge in [0, 0.05) is 19.3 Å². The van der Waals surface area contributed by atoms with E-state index in [-0.39, 0.29) is 31.1 Å². The molecule has 6 heteroatoms. The summed E-state index contributed by atoms with van der Waals surface area (Å²) < 4.78 is 17.0. The molecule has 470 valence electrons. The van der Waals surface area contributed by atoms with Crippen LogP contribution in [0.5, 0.6) is 0 Å². The molecule has 0 radical (unpaired) electrons. The monoisotopic (exact) mass is 1120 g/mol. The highest BCUT2D eigenvalue weighted by molar-refractivity contribution is 5.71. The lowest BCUT2D eigenvalue weighted by Crippen LogP contribution is -2.30. The summed E-state index contributed by atoms with van der Waals surface area (Å²) in [6.07, 6.45) is 86.0. The zero-order valence-electron chi connectivity index (χ0n) is 54.1. The van der Waals surface area contributed by atoms with Crippen molar-refractivity contribution in [1.82, 2.24) is 0 Å². The third-order valence-electron chi connectivity index (χ3n) is 16.4. The number of hydrogen-bond acceptors (Lipinski definition) is 6. The number of carbonyl (C=O) groups is 3. The fourth-order valence-corrected chi connectivity index (χ4v) is 10.9. The topological polar surface area (TPSA) is 78.9 Å². The van der Waals surface area contributed by atoms with Crippen LogP contribution < -0.4 is 0 Å². The second-order valence-electron chi connectivity index (χ2n) is 24.5. The number of rotatable bonds is 67. The van der Waals surface area contributed by atoms with Gasteiger partial charge in [-0.05, 0) is 77.0 Å². The Hall–Kier alpha value is -2.37. The van der Waals surface area contributed by atoms with E-state index < -0.39 is 6.10 Å². The van der Waals surface area contributed by atoms with Crippen molar-refractivity contribution in [3.8, 4) is 0 Å². The molecule has 0 aromatic rings. The Bertz CT molecular complexity index is 1340. The summed E-state index contributed by atoms with van der Waals surface area (Å²) in [6.45, 7) is 6.68. The highest BCUT2D eigenvalue weighted by atomic mass is 16.6. The van der Waals surface area contributed by atoms with E-state index in [0.29, 0.717) is 19.3 Å². The molecule has 0 aliphatic rings. The van der Waals surface area contributed by atoms with Crippen LogP contribution in [0.15, 0.2) is 36.5 Å². The van der Waals surface area contributed by atoms with E-state index in [1.54, 1.807) is 0 Å². The van der Waals surface area contributed by atoms with Gasteiger partial charge < -0.3 is 14.2 Å². The lowest BCUT2D eigenvalue weighted by molar-refractivity contribution is -0.167. The number of allylic oxidation sites excluding steroid dienone is 6. The number of esters is 3. The van der Waals surface area contributed by atoms with Gasteiger partial charge in [-0.2, -0.15) is 0 Å². The first-order valence-electron chi connectivity index (χ1n) is 36.0. The molecule has 0 aliphatic heterocycles. The van der Waals surface area contributed by atoms with Crippen molar-refractivity contribution in [2.45, 2.75) is 406 Å². The molecular formula is C74H138O6. The van der Waals surface area contributed by atoms with Gasteiger partial charge >= 0.3 is 17.9 Å². The van der Waals surface area contributed by atoms with Crippen LogP contribution in [0.25, 0.3) is 0 Å². The molecule has 0 aliphatic carbocycles. The molecular weight excluding hydrogens is 985 g/mol. The van der Waals surface area contributed by atoms with Crippen molar-refractivity contribution in [3.63, 3.8) is 0 Å². The van der Waals surface area contributed by atoms with Gasteiger partial charge in [-0.1, -0.05) is 340 Å². The number of unbranched alkanes of at least 4 members (excludes halogenated alkanes) is 50. The van der Waals surface area contributed by atoms with Crippen LogP contribution in [0.4, 0.5) is 0 Å². The molecule has 80 heavy (non-hydrogen) atoms. The summed E-state index contributed by atoms with van der Waals surface area (Å²) in [5, 5.41) is 0. The molecule has 1 atom stereocenters. The minimum Gasteiger partial charge on any atom is -0.462 e. The highest BCUT2D eigenvalue weighted by Gasteiger charge is 2.19. The molecule has 0 aromatic carbocycles. The van der Waals surface area contributed by atoms with Crippen LogP contribution in [0.1, 0.15) is 400 Å². The number of hydrogen-bond donors (Lipinski definition) is 0. The summed E-state index contributed by atoms with van der Waals surface area (Å²) in [5.41, 5.74) is 0. The maximum Gasteiger partial charge on any atom is 0.306 e. The Kier molecular flexibility index (Phi) is 67.1. The minimum absolute atomic E-state index is 0.0704. The third-order valence-corrected chi connectivity index (χ3v) is 16.4. The Labute approximate surface area is 499 Å². The highest BCUT2D eigenvalue weighted by Crippen LogP contribution is 2.19. The van der Waals surface area contributed by atoms with Crippen molar-refractivity contribution in [1.29, 1.82) is 0 Å². The van der Waals surface area contributed by atoms with E-state index in [1.165, 1.54) is 295 Å². The van der Waals surface area contributed by atoms with Crippen LogP contribution in [0.2, 0.25) is 0 Å². The van der Waals surface area contributed by atoms with Gasteiger partial charge in [0.25, 0.3) is 0 Å². The molecule has 0 saturated carbocycles. The molecule has 0 heterocycles. The standard InChI is InChI=1S/C74H138O6/c1-4-7-10-13-16-19-22-25-28-31-33-34-35-36-37-38-39-41-43-46-49-52-55-58-61-64-67-73(76)79-70-71(69-78-72(75)66-63-60-57-54-51-48-45-42-30-27-24-21-18-15-12-9-6-3)80-74(77)68-65-62-59-56-53-50-47-44-40-32-29-26-23-20-17-14-11-8-5-2/h17,20,26-27,29-30,71H,4-16,18-19,21-25,28,31-70H2,1-3H3/b20-17-,29-26-,30-27-. The Morgan fingerprint density at radius 3 is 0.725 bits per heavy atom. The van der Waals surface area contributed by atoms with Crippen LogP contribution >= 0.6 is 0 Å². The van der Waals surface area contributed by atoms with Crippen LogP contribution in [0, 0.1) is 0 Å². The molecule has 0 amide bonds. The second-order valence-corrected chi connectivity index (χ2v) is 24.5. The van der Waals surface area contributed by atoms with Gasteiger partial charge in [-0.15, -0.1) is 0 Å². The van der Waals surface area contributed by atoms with Crippen molar-refractivity contribution < 1.29 is 28.6 Å². The van der Waals surface area contributed by atoms with Crippen LogP contribution in [-0.2, 0) is 28.6 Å². The average Bonchev–Trinajstić information content (AvgIpc) is 3.46. The fourth-order valence-electron chi connectivity index (χ4n) is 10.9. The summed E-state index contributed by atoms with van der Waals surface area (Å²) in [5.74, 6) is -0.849. The fraction of sp³-hybridized carbons (Fsp3) is 0.878. The zero-order chi connectivity index (χ0) is 57.8. The summed E-state index contributed by atoms with van der Waals surface area (Å²) in [7, 11) is 0. The molecule has 0 fully saturated rings. The number of ether oxygens (including phenoxy) is 3. The molecule has 1 unspecified atom stereocenters. The van der Waals surface area contributed by atoms with Crippen LogP contribution in [0.3, 0.4) is 0 Å². The molecule has 0 spiro atoms. The molecule has 6 nitrogen and oxygen atoms in total. The van der Waals surface area contributed by atoms with Gasteiger partial charge in [-0.3, -0.25) is 14.4 Å². The third kappa shape index (κ3) is 66.4. The molecule has 0 rings (SSSR count). The van der Waals surface area contributed by atoms with Crippen molar-refractivity contribution in [2.24, 2.45) is 0 Å². The van der Waals surface area contributed by atoms with Crippen LogP contribution in [-0.4, -0.2) is 37.2 Å². The normalized spacial score (nSPS) is 12.2. The van der Waals surface area contributed by atoms with E-state index in [9.17, 15) is 14.4 Å². The predicted molar refractivity (Wildman–Crippen MR) is 349 cm³/mol. The lowest BCUT2D eigenvalue weighted by Gasteiger charge is -2.18. The smallest absolute Gasteiger partial charge is 0.306 e. The maximum absolute atomic E-state index is 13.0. The predicted octanol–water partition coefficient (Wildman–Crippen LogP) is 24.7. The Balaban J connectivity index is 4.27. The van der Waals surface area contributed by atoms with E-state index >= 15 is 0 Å². The number of carbonyl (C=O) groups excluding carboxylic acids is 3. The molecule has 0 saturated heterocycles. The first kappa shape index (κ1) is 77.6. The summed E-state index contributed by atoms with van der Waals surface area (Å²) in [4.78, 5) is 38.5. The molecule has 0 aromatic heterocycles. The van der Waals surface area contributed by atoms with Crippen molar-refractivity contribution >= 4 is 17.9 Å². The summed E-state index contributed by atoms with van der Waals surface area (Å²) >= 11 is 0. The largest absolute Gasteiger partial charge is 0.462 e. The SMILES string of the molecule is CCCCC/C=C\C/C=C\CCCCCCCCCCCC(=O)OC(COC(=O)CCCCCCCCC/C=C\CCCCCCCC)COC(=O)CCCCCCCCCCCCCCCCCCCCCCCCCCCC. The quantitative estimate of drug-likeness (QED) is 0.0261. The minimum atomic E-state index is -0.776. The second kappa shape index (κ2) is 69.1. The van der Waals surface area contributed by atoms with Gasteiger partial charge in [-0.25, -0.2) is 0 Å². The van der Waals surface area contributed by atoms with E-state index in [4.69, 9.17) is 14.2 Å². The Morgan fingerprint density at radius 2 is 0.450 bits per heavy atom. The average molecular weight is 1120 g/mol. The van der Waals surface area contributed by atoms with E-state index in [1.807, 2.05) is 0 Å². The van der Waals surface area contributed by atoms with Crippen molar-refractivity contribution in [3.05, 3.63) is 36.5 Å². The van der Waals surface area contributed by atoms with E-state index in [2.05, 4.69) is 57.2 Å². The van der Waals surface area contributed by atoms with Gasteiger partial charge in [0.05, 0.1) is 0 Å². The Morgan fingerprint density at radius 1 is 0.250 bits per heavy atom. The first-order valence-corrected chi connectivity index (χ1v) is 36.0. The van der Waals surface area contributed by atoms with Gasteiger partial charge in [0.2, 0.25) is 0 Å². The van der Waals surface area contributed by atoms with Crippen molar-refractivity contribution in [2.75, 3.05) is 13.2 Å².